The molecule has 2 aromatic rings. The number of rotatable bonds is 7. The molecule has 0 radical (unpaired) electrons. The van der Waals surface area contributed by atoms with Crippen molar-refractivity contribution in [3.63, 3.8) is 0 Å². The van der Waals surface area contributed by atoms with Gasteiger partial charge in [0.15, 0.2) is 11.6 Å². The van der Waals surface area contributed by atoms with Crippen LogP contribution in [0.3, 0.4) is 0 Å². The Balaban J connectivity index is 2.08. The molecule has 2 rings (SSSR count). The van der Waals surface area contributed by atoms with Crippen LogP contribution in [-0.2, 0) is 16.1 Å². The number of para-hydroxylation sites is 1. The van der Waals surface area contributed by atoms with Crippen molar-refractivity contribution >= 4 is 11.6 Å². The molecule has 1 N–H and O–H groups in total. The summed E-state index contributed by atoms with van der Waals surface area (Å²) in [5.74, 6) is -0.948. The number of hydrogen-bond acceptors (Lipinski definition) is 3. The lowest BCUT2D eigenvalue weighted by atomic mass is 10.2. The monoisotopic (exact) mass is 315 g/mol. The van der Waals surface area contributed by atoms with Crippen LogP contribution in [-0.4, -0.2) is 12.5 Å². The number of nitrogens with one attached hydrogen (secondary N) is 1. The molecule has 0 aliphatic heterocycles. The van der Waals surface area contributed by atoms with E-state index >= 15 is 0 Å². The molecule has 120 valence electrons. The SMILES string of the molecule is CCO/C=C/C(=O)Nc1cccc(F)c1OCc1ccccc1. The summed E-state index contributed by atoms with van der Waals surface area (Å²) in [6.45, 7) is 2.49. The van der Waals surface area contributed by atoms with Gasteiger partial charge in [-0.3, -0.25) is 4.79 Å². The number of benzene rings is 2. The smallest absolute Gasteiger partial charge is 0.251 e. The molecule has 0 heterocycles. The Morgan fingerprint density at radius 1 is 1.17 bits per heavy atom. The zero-order chi connectivity index (χ0) is 16.5. The van der Waals surface area contributed by atoms with Gasteiger partial charge in [0.2, 0.25) is 0 Å². The highest BCUT2D eigenvalue weighted by Crippen LogP contribution is 2.28. The molecule has 0 fully saturated rings. The first-order valence-corrected chi connectivity index (χ1v) is 7.25. The third kappa shape index (κ3) is 5.14. The van der Waals surface area contributed by atoms with Gasteiger partial charge in [-0.05, 0) is 24.6 Å². The summed E-state index contributed by atoms with van der Waals surface area (Å²) in [6.07, 6.45) is 2.52. The molecule has 2 aromatic carbocycles. The van der Waals surface area contributed by atoms with Crippen LogP contribution in [0.25, 0.3) is 0 Å². The number of hydrogen-bond donors (Lipinski definition) is 1. The fourth-order valence-corrected chi connectivity index (χ4v) is 1.86. The number of halogens is 1. The summed E-state index contributed by atoms with van der Waals surface area (Å²) in [4.78, 5) is 11.8. The van der Waals surface area contributed by atoms with Gasteiger partial charge in [-0.1, -0.05) is 36.4 Å². The molecule has 0 atom stereocenters. The third-order valence-electron chi connectivity index (χ3n) is 2.93. The second-order valence-corrected chi connectivity index (χ2v) is 4.64. The minimum Gasteiger partial charge on any atom is -0.501 e. The van der Waals surface area contributed by atoms with Crippen LogP contribution in [0.1, 0.15) is 12.5 Å². The molecule has 0 saturated carbocycles. The van der Waals surface area contributed by atoms with Crippen molar-refractivity contribution in [3.05, 3.63) is 72.2 Å². The molecule has 0 aromatic heterocycles. The second kappa shape index (κ2) is 8.58. The number of amides is 1. The van der Waals surface area contributed by atoms with E-state index in [9.17, 15) is 9.18 Å². The molecule has 1 amide bonds. The van der Waals surface area contributed by atoms with E-state index in [2.05, 4.69) is 5.32 Å². The lowest BCUT2D eigenvalue weighted by Crippen LogP contribution is -2.10. The van der Waals surface area contributed by atoms with Crippen LogP contribution >= 0.6 is 0 Å². The Labute approximate surface area is 134 Å². The summed E-state index contributed by atoms with van der Waals surface area (Å²) in [5, 5.41) is 2.58. The van der Waals surface area contributed by atoms with Crippen molar-refractivity contribution in [1.29, 1.82) is 0 Å². The first-order chi connectivity index (χ1) is 11.2. The van der Waals surface area contributed by atoms with Crippen LogP contribution in [0.5, 0.6) is 5.75 Å². The van der Waals surface area contributed by atoms with E-state index in [0.29, 0.717) is 6.61 Å². The lowest BCUT2D eigenvalue weighted by Gasteiger charge is -2.12. The van der Waals surface area contributed by atoms with E-state index in [0.717, 1.165) is 5.56 Å². The maximum atomic E-state index is 14.0. The maximum Gasteiger partial charge on any atom is 0.251 e. The van der Waals surface area contributed by atoms with E-state index in [4.69, 9.17) is 9.47 Å². The molecular formula is C18H18FNO3. The minimum absolute atomic E-state index is 0.00881. The number of carbonyl (C=O) groups excluding carboxylic acids is 1. The van der Waals surface area contributed by atoms with Crippen molar-refractivity contribution in [2.45, 2.75) is 13.5 Å². The van der Waals surface area contributed by atoms with Crippen LogP contribution in [0.4, 0.5) is 10.1 Å². The molecule has 4 nitrogen and oxygen atoms in total. The fourth-order valence-electron chi connectivity index (χ4n) is 1.86. The quantitative estimate of drug-likeness (QED) is 0.623. The standard InChI is InChI=1S/C18H18FNO3/c1-2-22-12-11-17(21)20-16-10-6-9-15(19)18(16)23-13-14-7-4-3-5-8-14/h3-12H,2,13H2,1H3,(H,20,21)/b12-11+. The molecule has 0 unspecified atom stereocenters. The summed E-state index contributed by atoms with van der Waals surface area (Å²) in [6, 6.07) is 13.8. The van der Waals surface area contributed by atoms with Crippen LogP contribution in [0.15, 0.2) is 60.9 Å². The van der Waals surface area contributed by atoms with E-state index in [1.165, 1.54) is 24.5 Å². The van der Waals surface area contributed by atoms with Gasteiger partial charge in [0, 0.05) is 6.08 Å². The Morgan fingerprint density at radius 3 is 2.70 bits per heavy atom. The molecule has 0 spiro atoms. The van der Waals surface area contributed by atoms with Gasteiger partial charge in [-0.15, -0.1) is 0 Å². The number of carbonyl (C=O) groups is 1. The molecule has 0 aliphatic rings. The highest BCUT2D eigenvalue weighted by molar-refractivity contribution is 6.00. The van der Waals surface area contributed by atoms with Crippen molar-refractivity contribution in [2.24, 2.45) is 0 Å². The second-order valence-electron chi connectivity index (χ2n) is 4.64. The summed E-state index contributed by atoms with van der Waals surface area (Å²) < 4.78 is 24.5. The maximum absolute atomic E-state index is 14.0. The summed E-state index contributed by atoms with van der Waals surface area (Å²) in [7, 11) is 0. The summed E-state index contributed by atoms with van der Waals surface area (Å²) in [5.41, 5.74) is 1.18. The van der Waals surface area contributed by atoms with Crippen molar-refractivity contribution < 1.29 is 18.7 Å². The molecule has 5 heteroatoms. The highest BCUT2D eigenvalue weighted by Gasteiger charge is 2.11. The third-order valence-corrected chi connectivity index (χ3v) is 2.93. The molecule has 23 heavy (non-hydrogen) atoms. The zero-order valence-electron chi connectivity index (χ0n) is 12.8. The molecular weight excluding hydrogens is 297 g/mol. The first-order valence-electron chi connectivity index (χ1n) is 7.25. The van der Waals surface area contributed by atoms with Crippen LogP contribution in [0, 0.1) is 5.82 Å². The molecule has 0 saturated heterocycles. The van der Waals surface area contributed by atoms with Gasteiger partial charge in [0.25, 0.3) is 5.91 Å². The molecule has 0 bridgehead atoms. The van der Waals surface area contributed by atoms with Crippen molar-refractivity contribution in [2.75, 3.05) is 11.9 Å². The van der Waals surface area contributed by atoms with Crippen molar-refractivity contribution in [3.8, 4) is 5.75 Å². The Kier molecular flexibility index (Phi) is 6.17. The lowest BCUT2D eigenvalue weighted by molar-refractivity contribution is -0.112. The summed E-state index contributed by atoms with van der Waals surface area (Å²) >= 11 is 0. The number of ether oxygens (including phenoxy) is 2. The van der Waals surface area contributed by atoms with Crippen molar-refractivity contribution in [1.82, 2.24) is 0 Å². The van der Waals surface area contributed by atoms with Gasteiger partial charge < -0.3 is 14.8 Å². The normalized spacial score (nSPS) is 10.5. The van der Waals surface area contributed by atoms with Gasteiger partial charge >= 0.3 is 0 Å². The Hall–Kier alpha value is -2.82. The van der Waals surface area contributed by atoms with E-state index in [-0.39, 0.29) is 18.0 Å². The van der Waals surface area contributed by atoms with Gasteiger partial charge in [0.1, 0.15) is 6.61 Å². The fraction of sp³-hybridized carbons (Fsp3) is 0.167. The Morgan fingerprint density at radius 2 is 1.96 bits per heavy atom. The average molecular weight is 315 g/mol. The van der Waals surface area contributed by atoms with E-state index in [1.807, 2.05) is 37.3 Å². The van der Waals surface area contributed by atoms with Crippen LogP contribution < -0.4 is 10.1 Å². The van der Waals surface area contributed by atoms with E-state index < -0.39 is 11.7 Å². The highest BCUT2D eigenvalue weighted by atomic mass is 19.1. The van der Waals surface area contributed by atoms with E-state index in [1.54, 1.807) is 6.07 Å². The molecule has 0 aliphatic carbocycles. The first kappa shape index (κ1) is 16.5. The Bertz CT molecular complexity index is 671. The van der Waals surface area contributed by atoms with Gasteiger partial charge in [0.05, 0.1) is 18.6 Å². The largest absolute Gasteiger partial charge is 0.501 e. The minimum atomic E-state index is -0.535. The van der Waals surface area contributed by atoms with Crippen LogP contribution in [0.2, 0.25) is 0 Å². The predicted molar refractivity (Wildman–Crippen MR) is 86.6 cm³/mol. The predicted octanol–water partition coefficient (Wildman–Crippen LogP) is 3.89. The average Bonchev–Trinajstić information content (AvgIpc) is 2.55. The topological polar surface area (TPSA) is 47.6 Å². The van der Waals surface area contributed by atoms with Gasteiger partial charge in [-0.2, -0.15) is 0 Å². The zero-order valence-corrected chi connectivity index (χ0v) is 12.8. The number of anilines is 1. The van der Waals surface area contributed by atoms with Gasteiger partial charge in [-0.25, -0.2) is 4.39 Å².